The summed E-state index contributed by atoms with van der Waals surface area (Å²) in [6, 6.07) is 15.4. The van der Waals surface area contributed by atoms with Gasteiger partial charge in [-0.1, -0.05) is 55.5 Å². The third-order valence-corrected chi connectivity index (χ3v) is 5.05. The van der Waals surface area contributed by atoms with Crippen LogP contribution in [0.3, 0.4) is 0 Å². The first-order valence-corrected chi connectivity index (χ1v) is 7.20. The summed E-state index contributed by atoms with van der Waals surface area (Å²) in [6.45, 7) is 3.78. The Morgan fingerprint density at radius 1 is 0.905 bits per heavy atom. The van der Waals surface area contributed by atoms with E-state index in [1.807, 2.05) is 62.4 Å². The maximum Gasteiger partial charge on any atom is 0.216 e. The van der Waals surface area contributed by atoms with Crippen molar-refractivity contribution >= 4 is 5.71 Å². The molecule has 2 N–H and O–H groups in total. The molecule has 2 aliphatic rings. The lowest BCUT2D eigenvalue weighted by molar-refractivity contribution is -0.165. The average molecular weight is 279 g/mol. The fourth-order valence-electron chi connectivity index (χ4n) is 3.80. The molecule has 0 fully saturated rings. The minimum Gasteiger partial charge on any atom is -0.379 e. The molecular formula is C18H17NO2. The molecular weight excluding hydrogens is 262 g/mol. The molecule has 4 rings (SSSR count). The Balaban J connectivity index is 2.17. The minimum absolute atomic E-state index is 0.239. The van der Waals surface area contributed by atoms with Gasteiger partial charge in [-0.05, 0) is 23.6 Å². The van der Waals surface area contributed by atoms with E-state index >= 15 is 0 Å². The van der Waals surface area contributed by atoms with E-state index < -0.39 is 11.3 Å². The summed E-state index contributed by atoms with van der Waals surface area (Å²) < 4.78 is 0. The lowest BCUT2D eigenvalue weighted by atomic mass is 9.66. The largest absolute Gasteiger partial charge is 0.379 e. The number of hydrogen-bond acceptors (Lipinski definition) is 3. The minimum atomic E-state index is -1.61. The molecule has 2 aromatic carbocycles. The number of hydrogen-bond donors (Lipinski definition) is 2. The Morgan fingerprint density at radius 3 is 2.10 bits per heavy atom. The highest BCUT2D eigenvalue weighted by atomic mass is 16.4. The molecule has 21 heavy (non-hydrogen) atoms. The van der Waals surface area contributed by atoms with Crippen molar-refractivity contribution in [2.75, 3.05) is 0 Å². The molecule has 0 bridgehead atoms. The van der Waals surface area contributed by atoms with Gasteiger partial charge in [-0.25, -0.2) is 0 Å². The van der Waals surface area contributed by atoms with E-state index in [9.17, 15) is 10.2 Å². The van der Waals surface area contributed by atoms with Gasteiger partial charge < -0.3 is 10.2 Å². The van der Waals surface area contributed by atoms with E-state index in [4.69, 9.17) is 0 Å². The molecule has 1 aliphatic heterocycles. The van der Waals surface area contributed by atoms with Gasteiger partial charge in [0.1, 0.15) is 0 Å². The van der Waals surface area contributed by atoms with Gasteiger partial charge >= 0.3 is 0 Å². The first-order chi connectivity index (χ1) is 10.00. The van der Waals surface area contributed by atoms with Crippen LogP contribution in [0.25, 0.3) is 11.1 Å². The van der Waals surface area contributed by atoms with E-state index in [1.54, 1.807) is 0 Å². The summed E-state index contributed by atoms with van der Waals surface area (Å²) in [6.07, 6.45) is 0. The Hall–Kier alpha value is -1.97. The number of rotatable bonds is 0. The van der Waals surface area contributed by atoms with Gasteiger partial charge in [0.15, 0.2) is 5.60 Å². The Kier molecular flexibility index (Phi) is 2.31. The average Bonchev–Trinajstić information content (AvgIpc) is 2.69. The second-order valence-corrected chi connectivity index (χ2v) is 6.00. The van der Waals surface area contributed by atoms with Crippen molar-refractivity contribution in [3.63, 3.8) is 0 Å². The normalized spacial score (nSPS) is 33.0. The smallest absolute Gasteiger partial charge is 0.216 e. The fourth-order valence-corrected chi connectivity index (χ4v) is 3.80. The zero-order valence-electron chi connectivity index (χ0n) is 12.0. The lowest BCUT2D eigenvalue weighted by Crippen LogP contribution is -2.51. The van der Waals surface area contributed by atoms with Crippen LogP contribution >= 0.6 is 0 Å². The molecule has 3 nitrogen and oxygen atoms in total. The highest BCUT2D eigenvalue weighted by molar-refractivity contribution is 5.91. The first kappa shape index (κ1) is 12.7. The van der Waals surface area contributed by atoms with Gasteiger partial charge in [-0.3, -0.25) is 4.99 Å². The molecule has 2 aromatic rings. The first-order valence-electron chi connectivity index (χ1n) is 7.20. The van der Waals surface area contributed by atoms with E-state index in [-0.39, 0.29) is 5.92 Å². The maximum atomic E-state index is 11.4. The molecule has 1 heterocycles. The number of benzene rings is 2. The monoisotopic (exact) mass is 279 g/mol. The SMILES string of the molecule is CC1=N[C@]2(O)c3ccccc3-c3ccccc3[C@]2(O)[C@H]1C. The molecule has 0 radical (unpaired) electrons. The van der Waals surface area contributed by atoms with Crippen LogP contribution in [0, 0.1) is 5.92 Å². The highest BCUT2D eigenvalue weighted by Crippen LogP contribution is 2.58. The molecule has 1 aliphatic carbocycles. The summed E-state index contributed by atoms with van der Waals surface area (Å²) in [5.74, 6) is -0.239. The Bertz CT molecular complexity index is 782. The van der Waals surface area contributed by atoms with Crippen LogP contribution in [0.5, 0.6) is 0 Å². The van der Waals surface area contributed by atoms with Gasteiger partial charge in [0.25, 0.3) is 0 Å². The maximum absolute atomic E-state index is 11.4. The Morgan fingerprint density at radius 2 is 1.43 bits per heavy atom. The molecule has 0 unspecified atom stereocenters. The van der Waals surface area contributed by atoms with Crippen LogP contribution < -0.4 is 0 Å². The number of aliphatic hydroxyl groups is 2. The van der Waals surface area contributed by atoms with E-state index in [0.717, 1.165) is 22.4 Å². The van der Waals surface area contributed by atoms with Crippen LogP contribution in [0.4, 0.5) is 0 Å². The molecule has 0 spiro atoms. The van der Waals surface area contributed by atoms with Gasteiger partial charge in [0, 0.05) is 17.2 Å². The number of aliphatic imine (C=N–C) groups is 1. The van der Waals surface area contributed by atoms with E-state index in [1.165, 1.54) is 0 Å². The van der Waals surface area contributed by atoms with Crippen molar-refractivity contribution in [2.24, 2.45) is 10.9 Å². The van der Waals surface area contributed by atoms with Crippen molar-refractivity contribution in [1.29, 1.82) is 0 Å². The Labute approximate surface area is 123 Å². The zero-order chi connectivity index (χ0) is 14.8. The summed E-state index contributed by atoms with van der Waals surface area (Å²) in [5.41, 5.74) is 1.08. The second kappa shape index (κ2) is 3.81. The van der Waals surface area contributed by atoms with Crippen molar-refractivity contribution in [2.45, 2.75) is 25.2 Å². The molecule has 0 saturated heterocycles. The molecule has 0 amide bonds. The van der Waals surface area contributed by atoms with Gasteiger partial charge in [0.05, 0.1) is 0 Å². The number of fused-ring (bicyclic) bond motifs is 6. The number of nitrogens with zero attached hydrogens (tertiary/aromatic N) is 1. The third-order valence-electron chi connectivity index (χ3n) is 5.05. The summed E-state index contributed by atoms with van der Waals surface area (Å²) >= 11 is 0. The molecule has 3 atom stereocenters. The molecule has 0 saturated carbocycles. The quantitative estimate of drug-likeness (QED) is 0.779. The van der Waals surface area contributed by atoms with Crippen LogP contribution in [0.15, 0.2) is 53.5 Å². The topological polar surface area (TPSA) is 52.8 Å². The third kappa shape index (κ3) is 1.29. The fraction of sp³-hybridized carbons (Fsp3) is 0.278. The van der Waals surface area contributed by atoms with Gasteiger partial charge in [0.2, 0.25) is 5.72 Å². The highest BCUT2D eigenvalue weighted by Gasteiger charge is 2.63. The van der Waals surface area contributed by atoms with Crippen molar-refractivity contribution in [3.05, 3.63) is 59.7 Å². The predicted octanol–water partition coefficient (Wildman–Crippen LogP) is 2.81. The van der Waals surface area contributed by atoms with Crippen molar-refractivity contribution in [3.8, 4) is 11.1 Å². The van der Waals surface area contributed by atoms with Crippen LogP contribution in [-0.2, 0) is 11.3 Å². The van der Waals surface area contributed by atoms with Gasteiger partial charge in [-0.15, -0.1) is 0 Å². The lowest BCUT2D eigenvalue weighted by Gasteiger charge is -2.45. The van der Waals surface area contributed by atoms with E-state index in [0.29, 0.717) is 5.56 Å². The second-order valence-electron chi connectivity index (χ2n) is 6.00. The van der Waals surface area contributed by atoms with Crippen LogP contribution in [0.1, 0.15) is 25.0 Å². The van der Waals surface area contributed by atoms with Crippen molar-refractivity contribution in [1.82, 2.24) is 0 Å². The van der Waals surface area contributed by atoms with Crippen LogP contribution in [-0.4, -0.2) is 15.9 Å². The van der Waals surface area contributed by atoms with Gasteiger partial charge in [-0.2, -0.15) is 0 Å². The summed E-state index contributed by atoms with van der Waals surface area (Å²) in [7, 11) is 0. The van der Waals surface area contributed by atoms with Crippen molar-refractivity contribution < 1.29 is 10.2 Å². The molecule has 3 heteroatoms. The predicted molar refractivity (Wildman–Crippen MR) is 81.9 cm³/mol. The van der Waals surface area contributed by atoms with Crippen LogP contribution in [0.2, 0.25) is 0 Å². The zero-order valence-corrected chi connectivity index (χ0v) is 12.0. The standard InChI is InChI=1S/C18H17NO2/c1-11-12(2)19-18(21)16-10-6-4-8-14(16)13-7-3-5-9-15(13)17(11,18)20/h3-11,20-21H,1-2H3/t11-,17+,18-/m0/s1. The summed E-state index contributed by atoms with van der Waals surface area (Å²) in [4.78, 5) is 4.46. The van der Waals surface area contributed by atoms with E-state index in [2.05, 4.69) is 4.99 Å². The molecule has 106 valence electrons. The molecule has 0 aromatic heterocycles. The summed E-state index contributed by atoms with van der Waals surface area (Å²) in [5, 5.41) is 22.7.